The predicted molar refractivity (Wildman–Crippen MR) is 58.5 cm³/mol. The largest absolute Gasteiger partial charge is 0.330 e. The van der Waals surface area contributed by atoms with Gasteiger partial charge in [-0.15, -0.1) is 0 Å². The van der Waals surface area contributed by atoms with Gasteiger partial charge in [0.15, 0.2) is 0 Å². The second-order valence-electron chi connectivity index (χ2n) is 3.01. The zero-order chi connectivity index (χ0) is 10.2. The molecule has 0 aliphatic heterocycles. The van der Waals surface area contributed by atoms with Crippen molar-refractivity contribution in [1.29, 1.82) is 5.26 Å². The second kappa shape index (κ2) is 5.95. The van der Waals surface area contributed by atoms with Gasteiger partial charge in [0.2, 0.25) is 0 Å². The molecule has 0 aliphatic rings. The summed E-state index contributed by atoms with van der Waals surface area (Å²) in [4.78, 5) is 0. The van der Waals surface area contributed by atoms with Gasteiger partial charge in [0.25, 0.3) is 0 Å². The van der Waals surface area contributed by atoms with Gasteiger partial charge < -0.3 is 5.73 Å². The highest BCUT2D eigenvalue weighted by molar-refractivity contribution is 5.54. The topological polar surface area (TPSA) is 49.8 Å². The number of hydrogen-bond donors (Lipinski definition) is 1. The van der Waals surface area contributed by atoms with E-state index in [1.165, 1.54) is 0 Å². The van der Waals surface area contributed by atoms with E-state index in [-0.39, 0.29) is 0 Å². The molecule has 1 aromatic carbocycles. The van der Waals surface area contributed by atoms with Gasteiger partial charge in [-0.25, -0.2) is 0 Å². The van der Waals surface area contributed by atoms with Crippen LogP contribution in [0.1, 0.15) is 17.5 Å². The van der Waals surface area contributed by atoms with E-state index in [2.05, 4.69) is 6.07 Å². The highest BCUT2D eigenvalue weighted by Gasteiger charge is 1.96. The van der Waals surface area contributed by atoms with E-state index in [1.54, 1.807) is 0 Å². The summed E-state index contributed by atoms with van der Waals surface area (Å²) in [5.41, 5.74) is 7.57. The van der Waals surface area contributed by atoms with E-state index >= 15 is 0 Å². The van der Waals surface area contributed by atoms with Gasteiger partial charge in [-0.3, -0.25) is 0 Å². The Morgan fingerprint density at radius 1 is 1.36 bits per heavy atom. The van der Waals surface area contributed by atoms with Crippen molar-refractivity contribution in [3.63, 3.8) is 0 Å². The summed E-state index contributed by atoms with van der Waals surface area (Å²) in [5, 5.41) is 8.62. The van der Waals surface area contributed by atoms with Gasteiger partial charge >= 0.3 is 0 Å². The van der Waals surface area contributed by atoms with Crippen LogP contribution in [-0.4, -0.2) is 6.54 Å². The lowest BCUT2D eigenvalue weighted by Crippen LogP contribution is -1.95. The first-order valence-electron chi connectivity index (χ1n) is 4.70. The minimum absolute atomic E-state index is 0.461. The van der Waals surface area contributed by atoms with Crippen molar-refractivity contribution in [2.45, 2.75) is 12.8 Å². The van der Waals surface area contributed by atoms with Crippen molar-refractivity contribution < 1.29 is 0 Å². The Hall–Kier alpha value is -1.59. The van der Waals surface area contributed by atoms with Crippen LogP contribution in [0.25, 0.3) is 6.08 Å². The minimum atomic E-state index is 0.461. The fraction of sp³-hybridized carbons (Fsp3) is 0.250. The van der Waals surface area contributed by atoms with Crippen molar-refractivity contribution in [2.24, 2.45) is 5.73 Å². The van der Waals surface area contributed by atoms with Crippen molar-refractivity contribution in [3.05, 3.63) is 41.5 Å². The molecule has 0 heterocycles. The Bertz CT molecular complexity index is 348. The maximum Gasteiger partial charge on any atom is 0.0669 e. The van der Waals surface area contributed by atoms with Gasteiger partial charge in [0, 0.05) is 0 Å². The monoisotopic (exact) mass is 186 g/mol. The van der Waals surface area contributed by atoms with E-state index in [0.29, 0.717) is 13.0 Å². The fourth-order valence-electron chi connectivity index (χ4n) is 1.25. The zero-order valence-corrected chi connectivity index (χ0v) is 8.11. The molecule has 0 fully saturated rings. The third kappa shape index (κ3) is 3.04. The van der Waals surface area contributed by atoms with Crippen molar-refractivity contribution in [1.82, 2.24) is 0 Å². The standard InChI is InChI=1S/C12H14N2/c13-9-4-3-7-11-5-1-2-6-12(11)8-10-14/h1-3,5-7H,4,8-9,13H2. The molecule has 0 bridgehead atoms. The molecule has 0 aliphatic carbocycles. The zero-order valence-electron chi connectivity index (χ0n) is 8.11. The molecule has 0 atom stereocenters. The van der Waals surface area contributed by atoms with Crippen molar-refractivity contribution >= 4 is 6.08 Å². The van der Waals surface area contributed by atoms with Crippen molar-refractivity contribution in [3.8, 4) is 6.07 Å². The van der Waals surface area contributed by atoms with Crippen LogP contribution in [0.15, 0.2) is 30.3 Å². The molecule has 2 nitrogen and oxygen atoms in total. The number of hydrogen-bond acceptors (Lipinski definition) is 2. The number of rotatable bonds is 4. The Labute approximate surface area is 84.7 Å². The first-order valence-corrected chi connectivity index (χ1v) is 4.70. The molecule has 0 saturated carbocycles. The van der Waals surface area contributed by atoms with Crippen LogP contribution >= 0.6 is 0 Å². The molecule has 1 aromatic rings. The van der Waals surface area contributed by atoms with E-state index in [0.717, 1.165) is 17.5 Å². The molecular weight excluding hydrogens is 172 g/mol. The Morgan fingerprint density at radius 3 is 2.86 bits per heavy atom. The lowest BCUT2D eigenvalue weighted by Gasteiger charge is -2.00. The quantitative estimate of drug-likeness (QED) is 0.783. The molecule has 14 heavy (non-hydrogen) atoms. The second-order valence-corrected chi connectivity index (χ2v) is 3.01. The smallest absolute Gasteiger partial charge is 0.0669 e. The maximum absolute atomic E-state index is 8.62. The van der Waals surface area contributed by atoms with Crippen LogP contribution in [-0.2, 0) is 6.42 Å². The molecule has 0 radical (unpaired) electrons. The van der Waals surface area contributed by atoms with Crippen LogP contribution < -0.4 is 5.73 Å². The third-order valence-electron chi connectivity index (χ3n) is 1.96. The minimum Gasteiger partial charge on any atom is -0.330 e. The normalized spacial score (nSPS) is 10.3. The van der Waals surface area contributed by atoms with Gasteiger partial charge in [-0.05, 0) is 24.1 Å². The highest BCUT2D eigenvalue weighted by atomic mass is 14.5. The molecule has 0 unspecified atom stereocenters. The molecule has 0 amide bonds. The summed E-state index contributed by atoms with van der Waals surface area (Å²) in [7, 11) is 0. The Morgan fingerprint density at radius 2 is 2.14 bits per heavy atom. The first kappa shape index (κ1) is 10.5. The average molecular weight is 186 g/mol. The molecule has 0 saturated heterocycles. The van der Waals surface area contributed by atoms with Crippen LogP contribution in [0.2, 0.25) is 0 Å². The van der Waals surface area contributed by atoms with E-state index in [1.807, 2.05) is 36.4 Å². The third-order valence-corrected chi connectivity index (χ3v) is 1.96. The molecule has 2 heteroatoms. The average Bonchev–Trinajstić information content (AvgIpc) is 2.21. The van der Waals surface area contributed by atoms with Crippen LogP contribution in [0.4, 0.5) is 0 Å². The lowest BCUT2D eigenvalue weighted by molar-refractivity contribution is 1.01. The van der Waals surface area contributed by atoms with Crippen LogP contribution in [0.5, 0.6) is 0 Å². The molecule has 2 N–H and O–H groups in total. The summed E-state index contributed by atoms with van der Waals surface area (Å²) >= 11 is 0. The SMILES string of the molecule is N#CCc1ccccc1C=CCCN. The predicted octanol–water partition coefficient (Wildman–Crippen LogP) is 2.11. The molecule has 72 valence electrons. The van der Waals surface area contributed by atoms with Gasteiger partial charge in [-0.2, -0.15) is 5.26 Å². The number of nitrogens with zero attached hydrogens (tertiary/aromatic N) is 1. The number of nitriles is 1. The van der Waals surface area contributed by atoms with E-state index < -0.39 is 0 Å². The first-order chi connectivity index (χ1) is 6.88. The van der Waals surface area contributed by atoms with E-state index in [9.17, 15) is 0 Å². The molecular formula is C12H14N2. The summed E-state index contributed by atoms with van der Waals surface area (Å²) < 4.78 is 0. The number of nitrogens with two attached hydrogens (primary N) is 1. The highest BCUT2D eigenvalue weighted by Crippen LogP contribution is 2.11. The lowest BCUT2D eigenvalue weighted by atomic mass is 10.0. The van der Waals surface area contributed by atoms with Gasteiger partial charge in [0.05, 0.1) is 12.5 Å². The summed E-state index contributed by atoms with van der Waals surface area (Å²) in [6, 6.07) is 10.1. The Balaban J connectivity index is 2.79. The summed E-state index contributed by atoms with van der Waals surface area (Å²) in [6.07, 6.45) is 5.40. The number of benzene rings is 1. The van der Waals surface area contributed by atoms with Gasteiger partial charge in [-0.1, -0.05) is 36.4 Å². The molecule has 0 spiro atoms. The Kier molecular flexibility index (Phi) is 4.46. The molecule has 0 aromatic heterocycles. The fourth-order valence-corrected chi connectivity index (χ4v) is 1.25. The van der Waals surface area contributed by atoms with Crippen LogP contribution in [0.3, 0.4) is 0 Å². The van der Waals surface area contributed by atoms with Crippen LogP contribution in [0, 0.1) is 11.3 Å². The maximum atomic E-state index is 8.62. The van der Waals surface area contributed by atoms with Crippen molar-refractivity contribution in [2.75, 3.05) is 6.54 Å². The summed E-state index contributed by atoms with van der Waals surface area (Å²) in [5.74, 6) is 0. The van der Waals surface area contributed by atoms with Gasteiger partial charge in [0.1, 0.15) is 0 Å². The summed E-state index contributed by atoms with van der Waals surface area (Å²) in [6.45, 7) is 0.664. The van der Waals surface area contributed by atoms with E-state index in [4.69, 9.17) is 11.0 Å². The molecule has 1 rings (SSSR count).